The highest BCUT2D eigenvalue weighted by Crippen LogP contribution is 2.37. The van der Waals surface area contributed by atoms with E-state index in [1.165, 1.54) is 0 Å². The first-order chi connectivity index (χ1) is 11.1. The molecule has 0 saturated carbocycles. The van der Waals surface area contributed by atoms with Gasteiger partial charge in [-0.25, -0.2) is 0 Å². The summed E-state index contributed by atoms with van der Waals surface area (Å²) in [4.78, 5) is 15.7. The maximum Gasteiger partial charge on any atom is 0.236 e. The Labute approximate surface area is 138 Å². The number of piperidine rings is 1. The Hall–Kier alpha value is -1.59. The molecule has 2 heterocycles. The van der Waals surface area contributed by atoms with Crippen LogP contribution in [0.4, 0.5) is 0 Å². The van der Waals surface area contributed by atoms with E-state index in [2.05, 4.69) is 4.90 Å². The minimum atomic E-state index is -0.0584. The summed E-state index contributed by atoms with van der Waals surface area (Å²) in [5, 5.41) is 0. The molecular weight excluding hydrogens is 292 g/mol. The second kappa shape index (κ2) is 6.89. The number of hydrogen-bond donors (Lipinski definition) is 0. The van der Waals surface area contributed by atoms with Crippen molar-refractivity contribution >= 4 is 5.91 Å². The van der Waals surface area contributed by atoms with Gasteiger partial charge in [0.05, 0.1) is 18.8 Å². The third-order valence-corrected chi connectivity index (χ3v) is 4.85. The van der Waals surface area contributed by atoms with Crippen LogP contribution in [0.25, 0.3) is 0 Å². The van der Waals surface area contributed by atoms with Gasteiger partial charge in [0.15, 0.2) is 0 Å². The molecule has 2 aliphatic rings. The van der Waals surface area contributed by atoms with Crippen LogP contribution in [-0.4, -0.2) is 67.7 Å². The molecule has 5 heteroatoms. The van der Waals surface area contributed by atoms with Crippen molar-refractivity contribution in [2.24, 2.45) is 0 Å². The van der Waals surface area contributed by atoms with E-state index in [1.54, 1.807) is 19.0 Å². The fourth-order valence-electron chi connectivity index (χ4n) is 3.37. The first-order valence-corrected chi connectivity index (χ1v) is 8.34. The monoisotopic (exact) mass is 318 g/mol. The normalized spacial score (nSPS) is 23.8. The lowest BCUT2D eigenvalue weighted by Gasteiger charge is -2.38. The van der Waals surface area contributed by atoms with Crippen molar-refractivity contribution in [2.75, 3.05) is 40.3 Å². The summed E-state index contributed by atoms with van der Waals surface area (Å²) in [5.41, 5.74) is -0.0584. The maximum atomic E-state index is 11.8. The van der Waals surface area contributed by atoms with E-state index in [0.29, 0.717) is 13.2 Å². The van der Waals surface area contributed by atoms with Crippen LogP contribution in [0.3, 0.4) is 0 Å². The standard InChI is InChI=1S/C18H26N2O3/c1-19(2)17(21)13-20-10-8-18(9-11-20)12-16(14-22-18)23-15-6-4-3-5-7-15/h3-7,16H,8-14H2,1-2H3/t16-/m0/s1. The van der Waals surface area contributed by atoms with E-state index in [4.69, 9.17) is 9.47 Å². The number of benzene rings is 1. The van der Waals surface area contributed by atoms with Gasteiger partial charge in [0.1, 0.15) is 11.9 Å². The number of likely N-dealkylation sites (N-methyl/N-ethyl adjacent to an activating group) is 1. The summed E-state index contributed by atoms with van der Waals surface area (Å²) in [6.07, 6.45) is 3.02. The number of carbonyl (C=O) groups excluding carboxylic acids is 1. The van der Waals surface area contributed by atoms with Gasteiger partial charge in [-0.15, -0.1) is 0 Å². The van der Waals surface area contributed by atoms with Crippen molar-refractivity contribution in [1.82, 2.24) is 9.80 Å². The highest BCUT2D eigenvalue weighted by molar-refractivity contribution is 5.77. The Morgan fingerprint density at radius 3 is 2.65 bits per heavy atom. The molecule has 0 aromatic heterocycles. The fourth-order valence-corrected chi connectivity index (χ4v) is 3.37. The fraction of sp³-hybridized carbons (Fsp3) is 0.611. The molecule has 1 aromatic carbocycles. The van der Waals surface area contributed by atoms with Gasteiger partial charge in [-0.3, -0.25) is 9.69 Å². The summed E-state index contributed by atoms with van der Waals surface area (Å²) < 4.78 is 12.1. The number of ether oxygens (including phenoxy) is 2. The number of hydrogen-bond acceptors (Lipinski definition) is 4. The van der Waals surface area contributed by atoms with Gasteiger partial charge >= 0.3 is 0 Å². The van der Waals surface area contributed by atoms with E-state index in [1.807, 2.05) is 30.3 Å². The summed E-state index contributed by atoms with van der Waals surface area (Å²) in [6, 6.07) is 9.94. The molecule has 2 saturated heterocycles. The third-order valence-electron chi connectivity index (χ3n) is 4.85. The molecule has 1 amide bonds. The molecule has 23 heavy (non-hydrogen) atoms. The number of nitrogens with zero attached hydrogens (tertiary/aromatic N) is 2. The Bertz CT molecular complexity index is 524. The number of amides is 1. The van der Waals surface area contributed by atoms with Crippen LogP contribution in [0.1, 0.15) is 19.3 Å². The zero-order chi connectivity index (χ0) is 16.3. The zero-order valence-corrected chi connectivity index (χ0v) is 14.0. The van der Waals surface area contributed by atoms with E-state index in [-0.39, 0.29) is 17.6 Å². The van der Waals surface area contributed by atoms with Crippen LogP contribution in [0.5, 0.6) is 5.75 Å². The summed E-state index contributed by atoms with van der Waals surface area (Å²) >= 11 is 0. The van der Waals surface area contributed by atoms with E-state index >= 15 is 0 Å². The van der Waals surface area contributed by atoms with Crippen molar-refractivity contribution in [3.05, 3.63) is 30.3 Å². The van der Waals surface area contributed by atoms with Gasteiger partial charge in [-0.05, 0) is 25.0 Å². The first-order valence-electron chi connectivity index (χ1n) is 8.34. The zero-order valence-electron chi connectivity index (χ0n) is 14.0. The van der Waals surface area contributed by atoms with E-state index in [0.717, 1.165) is 38.1 Å². The van der Waals surface area contributed by atoms with Crippen molar-refractivity contribution in [3.63, 3.8) is 0 Å². The molecule has 0 unspecified atom stereocenters. The van der Waals surface area contributed by atoms with Crippen molar-refractivity contribution in [1.29, 1.82) is 0 Å². The van der Waals surface area contributed by atoms with Crippen LogP contribution in [0.2, 0.25) is 0 Å². The van der Waals surface area contributed by atoms with Gasteiger partial charge < -0.3 is 14.4 Å². The number of likely N-dealkylation sites (tertiary alicyclic amines) is 1. The van der Waals surface area contributed by atoms with Crippen LogP contribution in [0, 0.1) is 0 Å². The molecule has 1 aromatic rings. The third kappa shape index (κ3) is 4.03. The lowest BCUT2D eigenvalue weighted by molar-refractivity contribution is -0.131. The Kier molecular flexibility index (Phi) is 4.87. The second-order valence-corrected chi connectivity index (χ2v) is 6.82. The van der Waals surface area contributed by atoms with Gasteiger partial charge in [0.2, 0.25) is 5.91 Å². The molecule has 0 N–H and O–H groups in total. The summed E-state index contributed by atoms with van der Waals surface area (Å²) in [5.74, 6) is 1.07. The molecule has 0 bridgehead atoms. The SMILES string of the molecule is CN(C)C(=O)CN1CCC2(CC1)C[C@H](Oc1ccccc1)CO2. The van der Waals surface area contributed by atoms with Crippen LogP contribution >= 0.6 is 0 Å². The lowest BCUT2D eigenvalue weighted by Crippen LogP contribution is -2.47. The summed E-state index contributed by atoms with van der Waals surface area (Å²) in [6.45, 7) is 2.99. The predicted molar refractivity (Wildman–Crippen MR) is 88.5 cm³/mol. The largest absolute Gasteiger partial charge is 0.488 e. The molecule has 1 spiro atoms. The van der Waals surface area contributed by atoms with E-state index < -0.39 is 0 Å². The van der Waals surface area contributed by atoms with E-state index in [9.17, 15) is 4.79 Å². The molecule has 0 radical (unpaired) electrons. The van der Waals surface area contributed by atoms with Gasteiger partial charge in [-0.1, -0.05) is 18.2 Å². The number of para-hydroxylation sites is 1. The average Bonchev–Trinajstić information content (AvgIpc) is 2.93. The molecule has 1 atom stereocenters. The Morgan fingerprint density at radius 2 is 2.00 bits per heavy atom. The highest BCUT2D eigenvalue weighted by atomic mass is 16.6. The quantitative estimate of drug-likeness (QED) is 0.849. The lowest BCUT2D eigenvalue weighted by atomic mass is 9.88. The predicted octanol–water partition coefficient (Wildman–Crippen LogP) is 1.78. The number of carbonyl (C=O) groups is 1. The van der Waals surface area contributed by atoms with Crippen molar-refractivity contribution < 1.29 is 14.3 Å². The van der Waals surface area contributed by atoms with Crippen LogP contribution in [-0.2, 0) is 9.53 Å². The molecule has 2 fully saturated rings. The molecule has 126 valence electrons. The van der Waals surface area contributed by atoms with Crippen molar-refractivity contribution in [2.45, 2.75) is 31.0 Å². The summed E-state index contributed by atoms with van der Waals surface area (Å²) in [7, 11) is 3.61. The Balaban J connectivity index is 1.48. The van der Waals surface area contributed by atoms with Crippen molar-refractivity contribution in [3.8, 4) is 5.75 Å². The minimum Gasteiger partial charge on any atom is -0.488 e. The average molecular weight is 318 g/mol. The number of rotatable bonds is 4. The second-order valence-electron chi connectivity index (χ2n) is 6.82. The molecular formula is C18H26N2O3. The van der Waals surface area contributed by atoms with Gasteiger partial charge in [0, 0.05) is 33.6 Å². The molecule has 2 aliphatic heterocycles. The smallest absolute Gasteiger partial charge is 0.236 e. The molecule has 0 aliphatic carbocycles. The highest BCUT2D eigenvalue weighted by Gasteiger charge is 2.43. The molecule has 5 nitrogen and oxygen atoms in total. The minimum absolute atomic E-state index is 0.0584. The van der Waals surface area contributed by atoms with Crippen LogP contribution < -0.4 is 4.74 Å². The van der Waals surface area contributed by atoms with Crippen LogP contribution in [0.15, 0.2) is 30.3 Å². The van der Waals surface area contributed by atoms with Gasteiger partial charge in [-0.2, -0.15) is 0 Å². The molecule has 3 rings (SSSR count). The Morgan fingerprint density at radius 1 is 1.30 bits per heavy atom. The first kappa shape index (κ1) is 16.3. The van der Waals surface area contributed by atoms with Gasteiger partial charge in [0.25, 0.3) is 0 Å². The topological polar surface area (TPSA) is 42.0 Å². The maximum absolute atomic E-state index is 11.8.